The molecule has 5 heteroatoms. The molecule has 23 heavy (non-hydrogen) atoms. The average Bonchev–Trinajstić information content (AvgIpc) is 2.55. The molecule has 0 unspecified atom stereocenters. The largest absolute Gasteiger partial charge is 0.494 e. The molecule has 3 rings (SSSR count). The lowest BCUT2D eigenvalue weighted by atomic mass is 10.0. The molecule has 0 saturated carbocycles. The summed E-state index contributed by atoms with van der Waals surface area (Å²) < 4.78 is 6.24. The first-order chi connectivity index (χ1) is 11.1. The summed E-state index contributed by atoms with van der Waals surface area (Å²) in [6.07, 6.45) is 0. The molecule has 0 aliphatic heterocycles. The molecule has 2 aromatic carbocycles. The fourth-order valence-electron chi connectivity index (χ4n) is 2.41. The SMILES string of the molecule is CCOc1ccc(-c2cc(C(=O)O)c3cc(Br)ccc3n2)cc1. The van der Waals surface area contributed by atoms with Crippen molar-refractivity contribution in [2.45, 2.75) is 6.92 Å². The van der Waals surface area contributed by atoms with Gasteiger partial charge in [-0.25, -0.2) is 9.78 Å². The van der Waals surface area contributed by atoms with Crippen molar-refractivity contribution in [1.29, 1.82) is 0 Å². The van der Waals surface area contributed by atoms with Crippen LogP contribution in [0.5, 0.6) is 5.75 Å². The highest BCUT2D eigenvalue weighted by Crippen LogP contribution is 2.28. The Hall–Kier alpha value is -2.40. The maximum absolute atomic E-state index is 11.6. The van der Waals surface area contributed by atoms with E-state index in [1.165, 1.54) is 0 Å². The van der Waals surface area contributed by atoms with Crippen molar-refractivity contribution in [1.82, 2.24) is 4.98 Å². The second-order valence-electron chi connectivity index (χ2n) is 4.98. The molecule has 0 amide bonds. The number of pyridine rings is 1. The molecule has 1 heterocycles. The summed E-state index contributed by atoms with van der Waals surface area (Å²) in [5, 5.41) is 10.1. The molecule has 1 aromatic heterocycles. The van der Waals surface area contributed by atoms with Crippen molar-refractivity contribution in [3.63, 3.8) is 0 Å². The number of halogens is 1. The Bertz CT molecular complexity index is 875. The second kappa shape index (κ2) is 6.38. The highest BCUT2D eigenvalue weighted by molar-refractivity contribution is 9.10. The normalized spacial score (nSPS) is 10.7. The fraction of sp³-hybridized carbons (Fsp3) is 0.111. The summed E-state index contributed by atoms with van der Waals surface area (Å²) in [6.45, 7) is 2.53. The fourth-order valence-corrected chi connectivity index (χ4v) is 2.77. The van der Waals surface area contributed by atoms with Crippen molar-refractivity contribution < 1.29 is 14.6 Å². The number of aromatic carboxylic acids is 1. The summed E-state index contributed by atoms with van der Waals surface area (Å²) >= 11 is 3.37. The van der Waals surface area contributed by atoms with Gasteiger partial charge in [-0.05, 0) is 55.5 Å². The lowest BCUT2D eigenvalue weighted by Crippen LogP contribution is -2.00. The lowest BCUT2D eigenvalue weighted by molar-refractivity contribution is 0.0699. The van der Waals surface area contributed by atoms with E-state index in [9.17, 15) is 9.90 Å². The number of fused-ring (bicyclic) bond motifs is 1. The second-order valence-corrected chi connectivity index (χ2v) is 5.89. The van der Waals surface area contributed by atoms with Crippen LogP contribution in [0.25, 0.3) is 22.2 Å². The standard InChI is InChI=1S/C18H14BrNO3/c1-2-23-13-6-3-11(4-7-13)17-10-15(18(21)22)14-9-12(19)5-8-16(14)20-17/h3-10H,2H2,1H3,(H,21,22). The summed E-state index contributed by atoms with van der Waals surface area (Å²) in [5.41, 5.74) is 2.36. The Morgan fingerprint density at radius 3 is 2.57 bits per heavy atom. The summed E-state index contributed by atoms with van der Waals surface area (Å²) in [6, 6.07) is 14.5. The van der Waals surface area contributed by atoms with Crippen LogP contribution >= 0.6 is 15.9 Å². The number of carboxylic acid groups (broad SMARTS) is 1. The molecular formula is C18H14BrNO3. The zero-order valence-electron chi connectivity index (χ0n) is 12.4. The van der Waals surface area contributed by atoms with Crippen LogP contribution in [0.4, 0.5) is 0 Å². The predicted molar refractivity (Wildman–Crippen MR) is 93.0 cm³/mol. The Morgan fingerprint density at radius 1 is 1.17 bits per heavy atom. The van der Waals surface area contributed by atoms with E-state index in [4.69, 9.17) is 4.74 Å². The van der Waals surface area contributed by atoms with Gasteiger partial charge in [-0.1, -0.05) is 15.9 Å². The first-order valence-electron chi connectivity index (χ1n) is 7.15. The zero-order chi connectivity index (χ0) is 16.4. The van der Waals surface area contributed by atoms with E-state index in [0.717, 1.165) is 15.8 Å². The summed E-state index contributed by atoms with van der Waals surface area (Å²) in [5.74, 6) is -0.192. The average molecular weight is 372 g/mol. The number of ether oxygens (including phenoxy) is 1. The van der Waals surface area contributed by atoms with E-state index in [0.29, 0.717) is 23.2 Å². The van der Waals surface area contributed by atoms with Crippen LogP contribution in [0, 0.1) is 0 Å². The van der Waals surface area contributed by atoms with Gasteiger partial charge in [0, 0.05) is 15.4 Å². The molecule has 116 valence electrons. The molecule has 0 radical (unpaired) electrons. The highest BCUT2D eigenvalue weighted by atomic mass is 79.9. The molecule has 0 saturated heterocycles. The summed E-state index contributed by atoms with van der Waals surface area (Å²) in [7, 11) is 0. The van der Waals surface area contributed by atoms with Crippen LogP contribution in [-0.4, -0.2) is 22.7 Å². The highest BCUT2D eigenvalue weighted by Gasteiger charge is 2.13. The van der Waals surface area contributed by atoms with Crippen LogP contribution in [0.1, 0.15) is 17.3 Å². The van der Waals surface area contributed by atoms with Crippen molar-refractivity contribution in [3.8, 4) is 17.0 Å². The van der Waals surface area contributed by atoms with Crippen molar-refractivity contribution in [2.24, 2.45) is 0 Å². The topological polar surface area (TPSA) is 59.4 Å². The van der Waals surface area contributed by atoms with Crippen LogP contribution in [0.15, 0.2) is 53.0 Å². The van der Waals surface area contributed by atoms with E-state index in [-0.39, 0.29) is 5.56 Å². The third-order valence-electron chi connectivity index (χ3n) is 3.46. The quantitative estimate of drug-likeness (QED) is 0.717. The third-order valence-corrected chi connectivity index (χ3v) is 3.96. The van der Waals surface area contributed by atoms with Crippen molar-refractivity contribution in [3.05, 3.63) is 58.6 Å². The van der Waals surface area contributed by atoms with Crippen LogP contribution in [0.3, 0.4) is 0 Å². The molecule has 0 aliphatic carbocycles. The van der Waals surface area contributed by atoms with Crippen LogP contribution in [0.2, 0.25) is 0 Å². The predicted octanol–water partition coefficient (Wildman–Crippen LogP) is 4.76. The lowest BCUT2D eigenvalue weighted by Gasteiger charge is -2.08. The Morgan fingerprint density at radius 2 is 1.91 bits per heavy atom. The van der Waals surface area contributed by atoms with Crippen LogP contribution < -0.4 is 4.74 Å². The molecule has 0 atom stereocenters. The number of carboxylic acids is 1. The van der Waals surface area contributed by atoms with Gasteiger partial charge in [-0.2, -0.15) is 0 Å². The minimum absolute atomic E-state index is 0.236. The van der Waals surface area contributed by atoms with E-state index >= 15 is 0 Å². The molecule has 1 N–H and O–H groups in total. The third kappa shape index (κ3) is 3.19. The number of hydrogen-bond acceptors (Lipinski definition) is 3. The zero-order valence-corrected chi connectivity index (χ0v) is 14.0. The van der Waals surface area contributed by atoms with Gasteiger partial charge >= 0.3 is 5.97 Å². The van der Waals surface area contributed by atoms with E-state index in [1.807, 2.05) is 43.3 Å². The molecule has 0 spiro atoms. The van der Waals surface area contributed by atoms with Gasteiger partial charge in [-0.15, -0.1) is 0 Å². The minimum atomic E-state index is -0.970. The molecule has 3 aromatic rings. The van der Waals surface area contributed by atoms with E-state index in [1.54, 1.807) is 12.1 Å². The van der Waals surface area contributed by atoms with Gasteiger partial charge in [0.05, 0.1) is 23.4 Å². The van der Waals surface area contributed by atoms with Gasteiger partial charge < -0.3 is 9.84 Å². The Balaban J connectivity index is 2.14. The van der Waals surface area contributed by atoms with Gasteiger partial charge in [-0.3, -0.25) is 0 Å². The maximum atomic E-state index is 11.6. The first-order valence-corrected chi connectivity index (χ1v) is 7.94. The number of rotatable bonds is 4. The monoisotopic (exact) mass is 371 g/mol. The number of aromatic nitrogens is 1. The molecule has 0 fully saturated rings. The van der Waals surface area contributed by atoms with Crippen molar-refractivity contribution in [2.75, 3.05) is 6.61 Å². The number of benzene rings is 2. The smallest absolute Gasteiger partial charge is 0.336 e. The first kappa shape index (κ1) is 15.5. The van der Waals surface area contributed by atoms with Gasteiger partial charge in [0.25, 0.3) is 0 Å². The van der Waals surface area contributed by atoms with E-state index < -0.39 is 5.97 Å². The Labute approximate surface area is 141 Å². The molecule has 0 bridgehead atoms. The van der Waals surface area contributed by atoms with Gasteiger partial charge in [0.2, 0.25) is 0 Å². The van der Waals surface area contributed by atoms with E-state index in [2.05, 4.69) is 20.9 Å². The minimum Gasteiger partial charge on any atom is -0.494 e. The number of carbonyl (C=O) groups is 1. The van der Waals surface area contributed by atoms with Gasteiger partial charge in [0.1, 0.15) is 5.75 Å². The number of nitrogens with zero attached hydrogens (tertiary/aromatic N) is 1. The summed E-state index contributed by atoms with van der Waals surface area (Å²) in [4.78, 5) is 16.2. The van der Waals surface area contributed by atoms with Crippen molar-refractivity contribution >= 4 is 32.8 Å². The molecule has 4 nitrogen and oxygen atoms in total. The molecular weight excluding hydrogens is 358 g/mol. The Kier molecular flexibility index (Phi) is 4.30. The number of hydrogen-bond donors (Lipinski definition) is 1. The maximum Gasteiger partial charge on any atom is 0.336 e. The van der Waals surface area contributed by atoms with Gasteiger partial charge in [0.15, 0.2) is 0 Å². The molecule has 0 aliphatic rings. The van der Waals surface area contributed by atoms with Crippen LogP contribution in [-0.2, 0) is 0 Å².